The Hall–Kier alpha value is -2.21. The van der Waals surface area contributed by atoms with Crippen molar-refractivity contribution in [2.75, 3.05) is 7.11 Å². The standard InChI is InChI=1S/C17H18F3NO2/c1-11(13-4-3-5-14(9-13)23-17(19)20)21-10-12-6-7-16(22-2)15(18)8-12/h3-9,11,17,21H,10H2,1-2H3. The zero-order chi connectivity index (χ0) is 16.8. The van der Waals surface area contributed by atoms with E-state index in [0.29, 0.717) is 6.54 Å². The zero-order valence-electron chi connectivity index (χ0n) is 12.9. The van der Waals surface area contributed by atoms with E-state index in [1.54, 1.807) is 24.3 Å². The topological polar surface area (TPSA) is 30.5 Å². The van der Waals surface area contributed by atoms with Gasteiger partial charge in [0, 0.05) is 12.6 Å². The number of alkyl halides is 2. The highest BCUT2D eigenvalue weighted by Gasteiger charge is 2.10. The van der Waals surface area contributed by atoms with Gasteiger partial charge in [-0.05, 0) is 42.3 Å². The van der Waals surface area contributed by atoms with Crippen molar-refractivity contribution in [1.82, 2.24) is 5.32 Å². The van der Waals surface area contributed by atoms with Crippen molar-refractivity contribution in [1.29, 1.82) is 0 Å². The number of hydrogen-bond acceptors (Lipinski definition) is 3. The molecule has 6 heteroatoms. The van der Waals surface area contributed by atoms with Crippen LogP contribution in [-0.4, -0.2) is 13.7 Å². The molecule has 1 unspecified atom stereocenters. The normalized spacial score (nSPS) is 12.3. The van der Waals surface area contributed by atoms with E-state index < -0.39 is 12.4 Å². The monoisotopic (exact) mass is 325 g/mol. The molecule has 0 heterocycles. The van der Waals surface area contributed by atoms with Crippen molar-refractivity contribution in [2.45, 2.75) is 26.1 Å². The van der Waals surface area contributed by atoms with E-state index in [1.165, 1.54) is 19.2 Å². The van der Waals surface area contributed by atoms with E-state index in [0.717, 1.165) is 11.1 Å². The molecule has 2 aromatic carbocycles. The molecule has 3 nitrogen and oxygen atoms in total. The summed E-state index contributed by atoms with van der Waals surface area (Å²) in [4.78, 5) is 0. The zero-order valence-corrected chi connectivity index (χ0v) is 12.9. The Morgan fingerprint density at radius 3 is 2.57 bits per heavy atom. The second-order valence-electron chi connectivity index (χ2n) is 5.02. The van der Waals surface area contributed by atoms with Crippen LogP contribution in [0.1, 0.15) is 24.1 Å². The Morgan fingerprint density at radius 1 is 1.13 bits per heavy atom. The fourth-order valence-electron chi connectivity index (χ4n) is 2.17. The maximum atomic E-state index is 13.6. The molecule has 0 fully saturated rings. The molecule has 0 aliphatic heterocycles. The van der Waals surface area contributed by atoms with Crippen LogP contribution < -0.4 is 14.8 Å². The number of methoxy groups -OCH3 is 1. The summed E-state index contributed by atoms with van der Waals surface area (Å²) in [6.07, 6.45) is 0. The molecule has 1 N–H and O–H groups in total. The van der Waals surface area contributed by atoms with Crippen LogP contribution in [0.25, 0.3) is 0 Å². The van der Waals surface area contributed by atoms with Gasteiger partial charge in [-0.2, -0.15) is 8.78 Å². The third kappa shape index (κ3) is 4.89. The predicted molar refractivity (Wildman–Crippen MR) is 81.3 cm³/mol. The van der Waals surface area contributed by atoms with Crippen LogP contribution in [0.15, 0.2) is 42.5 Å². The van der Waals surface area contributed by atoms with Gasteiger partial charge in [0.2, 0.25) is 0 Å². The lowest BCUT2D eigenvalue weighted by atomic mass is 10.1. The summed E-state index contributed by atoms with van der Waals surface area (Å²) >= 11 is 0. The van der Waals surface area contributed by atoms with E-state index in [-0.39, 0.29) is 17.5 Å². The molecule has 0 amide bonds. The Kier molecular flexibility index (Phi) is 5.87. The average Bonchev–Trinajstić information content (AvgIpc) is 2.52. The van der Waals surface area contributed by atoms with Crippen LogP contribution in [0.2, 0.25) is 0 Å². The maximum absolute atomic E-state index is 13.6. The minimum Gasteiger partial charge on any atom is -0.494 e. The maximum Gasteiger partial charge on any atom is 0.387 e. The quantitative estimate of drug-likeness (QED) is 0.824. The van der Waals surface area contributed by atoms with Gasteiger partial charge in [0.25, 0.3) is 0 Å². The summed E-state index contributed by atoms with van der Waals surface area (Å²) in [5.74, 6) is -0.118. The molecule has 0 aromatic heterocycles. The lowest BCUT2D eigenvalue weighted by molar-refractivity contribution is -0.0499. The van der Waals surface area contributed by atoms with Crippen molar-refractivity contribution >= 4 is 0 Å². The third-order valence-electron chi connectivity index (χ3n) is 3.41. The first-order valence-corrected chi connectivity index (χ1v) is 7.10. The summed E-state index contributed by atoms with van der Waals surface area (Å²) < 4.78 is 47.4. The van der Waals surface area contributed by atoms with Crippen LogP contribution in [0.4, 0.5) is 13.2 Å². The highest BCUT2D eigenvalue weighted by atomic mass is 19.3. The molecular formula is C17H18F3NO2. The van der Waals surface area contributed by atoms with Crippen LogP contribution >= 0.6 is 0 Å². The summed E-state index contributed by atoms with van der Waals surface area (Å²) in [5, 5.41) is 3.21. The van der Waals surface area contributed by atoms with Gasteiger partial charge < -0.3 is 14.8 Å². The first-order chi connectivity index (χ1) is 11.0. The number of rotatable bonds is 7. The van der Waals surface area contributed by atoms with E-state index in [2.05, 4.69) is 10.1 Å². The van der Waals surface area contributed by atoms with E-state index in [4.69, 9.17) is 4.74 Å². The molecule has 124 valence electrons. The molecule has 2 aromatic rings. The average molecular weight is 325 g/mol. The molecule has 0 saturated carbocycles. The molecular weight excluding hydrogens is 307 g/mol. The minimum absolute atomic E-state index is 0.110. The summed E-state index contributed by atoms with van der Waals surface area (Å²) in [6, 6.07) is 11.1. The molecule has 0 saturated heterocycles. The van der Waals surface area contributed by atoms with Gasteiger partial charge in [-0.3, -0.25) is 0 Å². The molecule has 0 radical (unpaired) electrons. The van der Waals surface area contributed by atoms with Crippen LogP contribution in [0.5, 0.6) is 11.5 Å². The van der Waals surface area contributed by atoms with Gasteiger partial charge in [0.15, 0.2) is 11.6 Å². The van der Waals surface area contributed by atoms with Gasteiger partial charge in [-0.15, -0.1) is 0 Å². The smallest absolute Gasteiger partial charge is 0.387 e. The second-order valence-corrected chi connectivity index (χ2v) is 5.02. The van der Waals surface area contributed by atoms with Gasteiger partial charge in [-0.1, -0.05) is 18.2 Å². The summed E-state index contributed by atoms with van der Waals surface area (Å²) in [7, 11) is 1.41. The Bertz CT molecular complexity index is 649. The van der Waals surface area contributed by atoms with Gasteiger partial charge in [0.05, 0.1) is 7.11 Å². The fraction of sp³-hybridized carbons (Fsp3) is 0.294. The van der Waals surface area contributed by atoms with Crippen LogP contribution in [-0.2, 0) is 6.54 Å². The van der Waals surface area contributed by atoms with Crippen molar-refractivity contribution < 1.29 is 22.6 Å². The number of ether oxygens (including phenoxy) is 2. The molecule has 0 aliphatic rings. The first kappa shape index (κ1) is 17.1. The Labute approximate surface area is 133 Å². The lowest BCUT2D eigenvalue weighted by Crippen LogP contribution is -2.18. The largest absolute Gasteiger partial charge is 0.494 e. The number of hydrogen-bond donors (Lipinski definition) is 1. The molecule has 2 rings (SSSR count). The van der Waals surface area contributed by atoms with E-state index >= 15 is 0 Å². The lowest BCUT2D eigenvalue weighted by Gasteiger charge is -2.16. The van der Waals surface area contributed by atoms with Crippen molar-refractivity contribution in [2.24, 2.45) is 0 Å². The van der Waals surface area contributed by atoms with Gasteiger partial charge >= 0.3 is 6.61 Å². The molecule has 23 heavy (non-hydrogen) atoms. The van der Waals surface area contributed by atoms with Crippen LogP contribution in [0.3, 0.4) is 0 Å². The number of halogens is 3. The highest BCUT2D eigenvalue weighted by molar-refractivity contribution is 5.31. The minimum atomic E-state index is -2.85. The highest BCUT2D eigenvalue weighted by Crippen LogP contribution is 2.22. The summed E-state index contributed by atoms with van der Waals surface area (Å²) in [6.45, 7) is -0.528. The van der Waals surface area contributed by atoms with Crippen molar-refractivity contribution in [3.63, 3.8) is 0 Å². The van der Waals surface area contributed by atoms with Crippen molar-refractivity contribution in [3.05, 3.63) is 59.4 Å². The van der Waals surface area contributed by atoms with Gasteiger partial charge in [-0.25, -0.2) is 4.39 Å². The Morgan fingerprint density at radius 2 is 1.91 bits per heavy atom. The first-order valence-electron chi connectivity index (χ1n) is 7.10. The number of nitrogens with one attached hydrogen (secondary N) is 1. The van der Waals surface area contributed by atoms with Crippen LogP contribution in [0, 0.1) is 5.82 Å². The fourth-order valence-corrected chi connectivity index (χ4v) is 2.17. The second kappa shape index (κ2) is 7.87. The van der Waals surface area contributed by atoms with Gasteiger partial charge in [0.1, 0.15) is 5.75 Å². The molecule has 1 atom stereocenters. The third-order valence-corrected chi connectivity index (χ3v) is 3.41. The molecule has 0 spiro atoms. The van der Waals surface area contributed by atoms with Crippen molar-refractivity contribution in [3.8, 4) is 11.5 Å². The SMILES string of the molecule is COc1ccc(CNC(C)c2cccc(OC(F)F)c2)cc1F. The van der Waals surface area contributed by atoms with E-state index in [9.17, 15) is 13.2 Å². The summed E-state index contributed by atoms with van der Waals surface area (Å²) in [5.41, 5.74) is 1.56. The predicted octanol–water partition coefficient (Wildman–Crippen LogP) is 4.29. The molecule has 0 bridgehead atoms. The van der Waals surface area contributed by atoms with E-state index in [1.807, 2.05) is 13.0 Å². The molecule has 0 aliphatic carbocycles. The number of benzene rings is 2. The Balaban J connectivity index is 1.99.